The normalized spacial score (nSPS) is 16.9. The largest absolute Gasteiger partial charge is 0.458 e. The molecule has 2 aliphatic rings. The van der Waals surface area contributed by atoms with Gasteiger partial charge >= 0.3 is 5.97 Å². The lowest BCUT2D eigenvalue weighted by Gasteiger charge is -2.36. The van der Waals surface area contributed by atoms with Crippen molar-refractivity contribution >= 4 is 28.8 Å². The summed E-state index contributed by atoms with van der Waals surface area (Å²) >= 11 is 1.46. The Labute approximate surface area is 216 Å². The molecule has 36 heavy (non-hydrogen) atoms. The van der Waals surface area contributed by atoms with E-state index in [1.54, 1.807) is 18.5 Å². The Hall–Kier alpha value is -3.65. The highest BCUT2D eigenvalue weighted by Gasteiger charge is 2.41. The second kappa shape index (κ2) is 11.4. The van der Waals surface area contributed by atoms with E-state index < -0.39 is 12.0 Å². The first-order chi connectivity index (χ1) is 17.4. The number of allylic oxidation sites excluding steroid dienone is 1. The number of aliphatic imine (C=N–C) groups is 1. The Morgan fingerprint density at radius 3 is 2.58 bits per heavy atom. The van der Waals surface area contributed by atoms with Crippen molar-refractivity contribution < 1.29 is 14.3 Å². The van der Waals surface area contributed by atoms with E-state index >= 15 is 0 Å². The first-order valence-corrected chi connectivity index (χ1v) is 12.7. The fourth-order valence-electron chi connectivity index (χ4n) is 4.15. The number of aromatic nitrogens is 1. The molecule has 186 valence electrons. The molecule has 8 heteroatoms. The van der Waals surface area contributed by atoms with Crippen molar-refractivity contribution in [3.8, 4) is 0 Å². The summed E-state index contributed by atoms with van der Waals surface area (Å²) < 4.78 is 5.45. The summed E-state index contributed by atoms with van der Waals surface area (Å²) in [4.78, 5) is 36.7. The molecule has 0 saturated carbocycles. The van der Waals surface area contributed by atoms with Gasteiger partial charge in [-0.2, -0.15) is 0 Å². The van der Waals surface area contributed by atoms with Gasteiger partial charge < -0.3 is 15.0 Å². The molecule has 0 bridgehead atoms. The minimum atomic E-state index is -0.453. The van der Waals surface area contributed by atoms with Crippen LogP contribution in [0, 0.1) is 0 Å². The molecule has 7 nitrogen and oxygen atoms in total. The number of amides is 1. The van der Waals surface area contributed by atoms with Crippen LogP contribution in [-0.2, 0) is 20.9 Å². The molecule has 1 amide bonds. The van der Waals surface area contributed by atoms with Crippen LogP contribution in [0.1, 0.15) is 55.8 Å². The summed E-state index contributed by atoms with van der Waals surface area (Å²) in [6, 6.07) is 11.5. The highest BCUT2D eigenvalue weighted by Crippen LogP contribution is 2.45. The van der Waals surface area contributed by atoms with Crippen molar-refractivity contribution in [1.82, 2.24) is 15.2 Å². The monoisotopic (exact) mass is 502 g/mol. The van der Waals surface area contributed by atoms with Crippen LogP contribution in [0.25, 0.3) is 0 Å². The molecule has 0 aliphatic carbocycles. The molecule has 1 aromatic carbocycles. The first kappa shape index (κ1) is 25.4. The lowest BCUT2D eigenvalue weighted by molar-refractivity contribution is -0.138. The van der Waals surface area contributed by atoms with E-state index in [0.717, 1.165) is 22.0 Å². The van der Waals surface area contributed by atoms with Gasteiger partial charge in [-0.25, -0.2) is 9.79 Å². The molecule has 0 fully saturated rings. The number of amidine groups is 1. The lowest BCUT2D eigenvalue weighted by atomic mass is 9.92. The van der Waals surface area contributed by atoms with Crippen molar-refractivity contribution in [1.29, 1.82) is 0 Å². The van der Waals surface area contributed by atoms with Crippen LogP contribution in [-0.4, -0.2) is 33.5 Å². The number of fused-ring (bicyclic) bond motifs is 1. The number of pyridine rings is 1. The highest BCUT2D eigenvalue weighted by molar-refractivity contribution is 8.16. The van der Waals surface area contributed by atoms with Gasteiger partial charge in [-0.1, -0.05) is 62.5 Å². The van der Waals surface area contributed by atoms with Crippen molar-refractivity contribution in [2.24, 2.45) is 4.99 Å². The quantitative estimate of drug-likeness (QED) is 0.374. The molecule has 1 N–H and O–H groups in total. The predicted molar refractivity (Wildman–Crippen MR) is 143 cm³/mol. The van der Waals surface area contributed by atoms with Gasteiger partial charge in [0.2, 0.25) is 5.91 Å². The van der Waals surface area contributed by atoms with Gasteiger partial charge in [-0.3, -0.25) is 9.78 Å². The molecule has 1 unspecified atom stereocenters. The van der Waals surface area contributed by atoms with Gasteiger partial charge in [0.25, 0.3) is 0 Å². The number of benzene rings is 1. The van der Waals surface area contributed by atoms with Crippen LogP contribution in [0.5, 0.6) is 0 Å². The Bertz CT molecular complexity index is 1230. The Morgan fingerprint density at radius 1 is 1.19 bits per heavy atom. The van der Waals surface area contributed by atoms with Gasteiger partial charge in [0.05, 0.1) is 23.7 Å². The average molecular weight is 503 g/mol. The fraction of sp³-hybridized carbons (Fsp3) is 0.286. The minimum Gasteiger partial charge on any atom is -0.458 e. The predicted octanol–water partition coefficient (Wildman–Crippen LogP) is 5.22. The number of hydrogen-bond donors (Lipinski definition) is 1. The maximum absolute atomic E-state index is 13.2. The van der Waals surface area contributed by atoms with E-state index in [9.17, 15) is 9.59 Å². The fourth-order valence-corrected chi connectivity index (χ4v) is 5.11. The van der Waals surface area contributed by atoms with Gasteiger partial charge in [0, 0.05) is 24.6 Å². The zero-order valence-electron chi connectivity index (χ0n) is 20.7. The Kier molecular flexibility index (Phi) is 8.05. The van der Waals surface area contributed by atoms with Crippen molar-refractivity contribution in [2.45, 2.75) is 45.7 Å². The SMILES string of the molecule is C=CCOC(=O)C1=C(C)N=C2SC=C(CC(=O)NCc3ccncc3)N2C1c1ccc(C(C)C)cc1. The van der Waals surface area contributed by atoms with Crippen molar-refractivity contribution in [3.05, 3.63) is 101 Å². The number of carbonyl (C=O) groups excluding carboxylic acids is 2. The second-order valence-electron chi connectivity index (χ2n) is 8.91. The molecular formula is C28H30N4O3S. The lowest BCUT2D eigenvalue weighted by Crippen LogP contribution is -2.38. The summed E-state index contributed by atoms with van der Waals surface area (Å²) in [6.45, 7) is 10.3. The molecule has 2 aromatic rings. The number of carbonyl (C=O) groups is 2. The van der Waals surface area contributed by atoms with E-state index in [1.807, 2.05) is 41.5 Å². The number of nitrogens with one attached hydrogen (secondary N) is 1. The van der Waals surface area contributed by atoms with Crippen LogP contribution in [0.2, 0.25) is 0 Å². The molecule has 4 rings (SSSR count). The zero-order chi connectivity index (χ0) is 25.7. The maximum Gasteiger partial charge on any atom is 0.338 e. The van der Waals surface area contributed by atoms with Crippen molar-refractivity contribution in [3.63, 3.8) is 0 Å². The van der Waals surface area contributed by atoms with E-state index in [4.69, 9.17) is 9.73 Å². The van der Waals surface area contributed by atoms with Crippen LogP contribution < -0.4 is 5.32 Å². The number of ether oxygens (including phenoxy) is 1. The molecular weight excluding hydrogens is 472 g/mol. The van der Waals surface area contributed by atoms with Crippen molar-refractivity contribution in [2.75, 3.05) is 6.61 Å². The summed E-state index contributed by atoms with van der Waals surface area (Å²) in [5.41, 5.74) is 4.97. The van der Waals surface area contributed by atoms with Gasteiger partial charge in [-0.05, 0) is 47.1 Å². The molecule has 1 atom stereocenters. The molecule has 3 heterocycles. The number of hydrogen-bond acceptors (Lipinski definition) is 7. The van der Waals surface area contributed by atoms with Gasteiger partial charge in [0.1, 0.15) is 6.61 Å². The Morgan fingerprint density at radius 2 is 1.92 bits per heavy atom. The van der Waals surface area contributed by atoms with Gasteiger partial charge in [0.15, 0.2) is 5.17 Å². The zero-order valence-corrected chi connectivity index (χ0v) is 21.5. The summed E-state index contributed by atoms with van der Waals surface area (Å²) in [5.74, 6) is -0.166. The van der Waals surface area contributed by atoms with E-state index in [-0.39, 0.29) is 18.9 Å². The number of esters is 1. The topological polar surface area (TPSA) is 83.9 Å². The standard InChI is InChI=1S/C28H30N4O3S/c1-5-14-35-27(34)25-19(4)31-28-32(26(25)22-8-6-21(7-9-22)18(2)3)23(17-36-28)15-24(33)30-16-20-10-12-29-13-11-20/h5-13,17-18,26H,1,14-16H2,2-4H3,(H,30,33). The molecule has 1 aromatic heterocycles. The van der Waals surface area contributed by atoms with E-state index in [2.05, 4.69) is 42.9 Å². The summed E-state index contributed by atoms with van der Waals surface area (Å²) in [7, 11) is 0. The van der Waals surface area contributed by atoms with E-state index in [1.165, 1.54) is 17.3 Å². The third-order valence-electron chi connectivity index (χ3n) is 6.05. The number of thioether (sulfide) groups is 1. The van der Waals surface area contributed by atoms with Crippen LogP contribution in [0.15, 0.2) is 88.8 Å². The third kappa shape index (κ3) is 5.60. The molecule has 2 aliphatic heterocycles. The van der Waals surface area contributed by atoms with Crippen LogP contribution >= 0.6 is 11.8 Å². The van der Waals surface area contributed by atoms with Crippen LogP contribution in [0.4, 0.5) is 0 Å². The first-order valence-electron chi connectivity index (χ1n) is 11.9. The molecule has 0 radical (unpaired) electrons. The third-order valence-corrected chi connectivity index (χ3v) is 6.94. The Balaban J connectivity index is 1.62. The summed E-state index contributed by atoms with van der Waals surface area (Å²) in [6.07, 6.45) is 5.10. The number of nitrogens with zero attached hydrogens (tertiary/aromatic N) is 3. The second-order valence-corrected chi connectivity index (χ2v) is 9.75. The minimum absolute atomic E-state index is 0.111. The highest BCUT2D eigenvalue weighted by atomic mass is 32.2. The molecule has 0 spiro atoms. The van der Waals surface area contributed by atoms with Gasteiger partial charge in [-0.15, -0.1) is 0 Å². The number of rotatable bonds is 9. The summed E-state index contributed by atoms with van der Waals surface area (Å²) in [5, 5.41) is 5.64. The smallest absolute Gasteiger partial charge is 0.338 e. The van der Waals surface area contributed by atoms with Crippen LogP contribution in [0.3, 0.4) is 0 Å². The maximum atomic E-state index is 13.2. The molecule has 0 saturated heterocycles. The van der Waals surface area contributed by atoms with E-state index in [0.29, 0.717) is 23.7 Å². The average Bonchev–Trinajstić information content (AvgIpc) is 3.27.